The average Bonchev–Trinajstić information content (AvgIpc) is 2.69. The minimum atomic E-state index is -0.570. The van der Waals surface area contributed by atoms with Crippen LogP contribution in [0.15, 0.2) is 36.5 Å². The molecule has 6 nitrogen and oxygen atoms in total. The lowest BCUT2D eigenvalue weighted by atomic mass is 9.73. The van der Waals surface area contributed by atoms with Crippen molar-refractivity contribution < 1.29 is 4.79 Å². The van der Waals surface area contributed by atoms with E-state index in [4.69, 9.17) is 4.98 Å². The second-order valence-corrected chi connectivity index (χ2v) is 7.84. The third-order valence-corrected chi connectivity index (χ3v) is 5.80. The van der Waals surface area contributed by atoms with Gasteiger partial charge in [-0.3, -0.25) is 4.79 Å². The number of carbonyl (C=O) groups is 1. The molecule has 142 valence electrons. The Balaban J connectivity index is 1.62. The molecule has 1 atom stereocenters. The molecule has 27 heavy (non-hydrogen) atoms. The van der Waals surface area contributed by atoms with Crippen LogP contribution >= 0.6 is 0 Å². The highest BCUT2D eigenvalue weighted by Crippen LogP contribution is 2.38. The van der Waals surface area contributed by atoms with Crippen LogP contribution in [0.25, 0.3) is 0 Å². The molecular weight excluding hydrogens is 338 g/mol. The van der Waals surface area contributed by atoms with Gasteiger partial charge in [0.05, 0.1) is 11.1 Å². The molecule has 1 unspecified atom stereocenters. The Labute approximate surface area is 160 Å². The fourth-order valence-corrected chi connectivity index (χ4v) is 4.10. The molecule has 0 radical (unpaired) electrons. The molecule has 0 spiro atoms. The molecule has 1 aromatic heterocycles. The van der Waals surface area contributed by atoms with Gasteiger partial charge in [-0.25, -0.2) is 9.97 Å². The van der Waals surface area contributed by atoms with Crippen molar-refractivity contribution >= 4 is 17.5 Å². The summed E-state index contributed by atoms with van der Waals surface area (Å²) < 4.78 is 0. The van der Waals surface area contributed by atoms with Crippen LogP contribution < -0.4 is 5.32 Å². The van der Waals surface area contributed by atoms with Crippen molar-refractivity contribution in [3.63, 3.8) is 0 Å². The normalized spacial score (nSPS) is 23.0. The summed E-state index contributed by atoms with van der Waals surface area (Å²) in [6.07, 6.45) is 4.67. The molecule has 0 bridgehead atoms. The van der Waals surface area contributed by atoms with E-state index in [1.165, 1.54) is 0 Å². The predicted molar refractivity (Wildman–Crippen MR) is 106 cm³/mol. The summed E-state index contributed by atoms with van der Waals surface area (Å²) in [4.78, 5) is 27.0. The van der Waals surface area contributed by atoms with Crippen molar-refractivity contribution in [2.75, 3.05) is 38.5 Å². The molecule has 2 aromatic rings. The molecule has 1 aliphatic carbocycles. The van der Waals surface area contributed by atoms with Gasteiger partial charge in [0.15, 0.2) is 0 Å². The number of benzene rings is 1. The first-order chi connectivity index (χ1) is 13.1. The van der Waals surface area contributed by atoms with E-state index in [1.807, 2.05) is 41.4 Å². The van der Waals surface area contributed by atoms with Gasteiger partial charge in [-0.05, 0) is 50.9 Å². The quantitative estimate of drug-likeness (QED) is 0.906. The highest BCUT2D eigenvalue weighted by atomic mass is 16.2. The lowest BCUT2D eigenvalue weighted by Gasteiger charge is -2.40. The minimum Gasteiger partial charge on any atom is -0.339 e. The van der Waals surface area contributed by atoms with Crippen LogP contribution in [-0.2, 0) is 16.6 Å². The Kier molecular flexibility index (Phi) is 4.83. The van der Waals surface area contributed by atoms with E-state index >= 15 is 0 Å². The average molecular weight is 365 g/mol. The first-order valence-electron chi connectivity index (χ1n) is 9.73. The summed E-state index contributed by atoms with van der Waals surface area (Å²) in [6.45, 7) is 5.50. The van der Waals surface area contributed by atoms with Gasteiger partial charge in [0.1, 0.15) is 0 Å². The number of hydrogen-bond acceptors (Lipinski definition) is 5. The second kappa shape index (κ2) is 7.27. The number of rotatable bonds is 3. The Morgan fingerprint density at radius 2 is 1.89 bits per heavy atom. The summed E-state index contributed by atoms with van der Waals surface area (Å²) in [5.41, 5.74) is 2.37. The maximum Gasteiger partial charge on any atom is 0.234 e. The van der Waals surface area contributed by atoms with E-state index in [0.717, 1.165) is 62.4 Å². The van der Waals surface area contributed by atoms with E-state index in [9.17, 15) is 4.79 Å². The van der Waals surface area contributed by atoms with Gasteiger partial charge >= 0.3 is 0 Å². The largest absolute Gasteiger partial charge is 0.339 e. The maximum atomic E-state index is 13.4. The maximum absolute atomic E-state index is 13.4. The lowest BCUT2D eigenvalue weighted by molar-refractivity contribution is -0.139. The van der Waals surface area contributed by atoms with Crippen molar-refractivity contribution in [3.8, 4) is 0 Å². The van der Waals surface area contributed by atoms with E-state index in [1.54, 1.807) is 0 Å². The van der Waals surface area contributed by atoms with Crippen LogP contribution in [0, 0.1) is 0 Å². The summed E-state index contributed by atoms with van der Waals surface area (Å²) >= 11 is 0. The van der Waals surface area contributed by atoms with Crippen molar-refractivity contribution in [3.05, 3.63) is 47.8 Å². The van der Waals surface area contributed by atoms with Gasteiger partial charge in [-0.15, -0.1) is 0 Å². The smallest absolute Gasteiger partial charge is 0.234 e. The summed E-state index contributed by atoms with van der Waals surface area (Å²) in [5.74, 6) is 0.764. The van der Waals surface area contributed by atoms with Gasteiger partial charge in [0.25, 0.3) is 0 Å². The molecule has 1 saturated heterocycles. The molecule has 6 heteroatoms. The zero-order valence-corrected chi connectivity index (χ0v) is 16.1. The van der Waals surface area contributed by atoms with Gasteiger partial charge in [-0.1, -0.05) is 18.2 Å². The van der Waals surface area contributed by atoms with Crippen molar-refractivity contribution in [2.45, 2.75) is 31.6 Å². The Bertz CT molecular complexity index is 817. The number of nitrogens with one attached hydrogen (secondary N) is 1. The molecule has 1 aromatic carbocycles. The molecule has 1 amide bonds. The van der Waals surface area contributed by atoms with Crippen LogP contribution in [0.2, 0.25) is 0 Å². The first kappa shape index (κ1) is 17.9. The molecule has 0 saturated carbocycles. The zero-order valence-electron chi connectivity index (χ0n) is 16.1. The number of nitrogens with zero attached hydrogens (tertiary/aromatic N) is 4. The standard InChI is InChI=1S/C21H27N5O/c1-21(19(27)26-13-11-25(2)12-14-26)10-6-7-16-15-22-20(24-18(16)21)23-17-8-4-3-5-9-17/h3-5,8-9,15H,6-7,10-14H2,1-2H3,(H,22,23,24). The number of anilines is 2. The van der Waals surface area contributed by atoms with E-state index in [0.29, 0.717) is 5.95 Å². The Morgan fingerprint density at radius 3 is 2.63 bits per heavy atom. The molecule has 1 fully saturated rings. The number of para-hydroxylation sites is 1. The summed E-state index contributed by atoms with van der Waals surface area (Å²) in [7, 11) is 2.11. The molecule has 2 heterocycles. The Hall–Kier alpha value is -2.47. The monoisotopic (exact) mass is 365 g/mol. The van der Waals surface area contributed by atoms with Crippen LogP contribution in [0.1, 0.15) is 31.0 Å². The van der Waals surface area contributed by atoms with E-state index in [2.05, 4.69) is 29.2 Å². The van der Waals surface area contributed by atoms with Gasteiger partial charge in [-0.2, -0.15) is 0 Å². The number of hydrogen-bond donors (Lipinski definition) is 1. The third kappa shape index (κ3) is 3.54. The lowest BCUT2D eigenvalue weighted by Crippen LogP contribution is -2.54. The molecule has 4 rings (SSSR count). The highest BCUT2D eigenvalue weighted by Gasteiger charge is 2.43. The second-order valence-electron chi connectivity index (χ2n) is 7.84. The number of likely N-dealkylation sites (N-methyl/N-ethyl adjacent to an activating group) is 1. The molecular formula is C21H27N5O. The van der Waals surface area contributed by atoms with E-state index in [-0.39, 0.29) is 5.91 Å². The topological polar surface area (TPSA) is 61.4 Å². The number of piperazine rings is 1. The minimum absolute atomic E-state index is 0.209. The molecule has 1 N–H and O–H groups in total. The number of amides is 1. The van der Waals surface area contributed by atoms with E-state index < -0.39 is 5.41 Å². The van der Waals surface area contributed by atoms with Crippen LogP contribution in [0.5, 0.6) is 0 Å². The van der Waals surface area contributed by atoms with Crippen LogP contribution in [0.3, 0.4) is 0 Å². The highest BCUT2D eigenvalue weighted by molar-refractivity contribution is 5.88. The number of aromatic nitrogens is 2. The molecule has 2 aliphatic rings. The summed E-state index contributed by atoms with van der Waals surface area (Å²) in [5, 5.41) is 3.26. The van der Waals surface area contributed by atoms with Crippen molar-refractivity contribution in [1.82, 2.24) is 19.8 Å². The predicted octanol–water partition coefficient (Wildman–Crippen LogP) is 2.59. The Morgan fingerprint density at radius 1 is 1.15 bits per heavy atom. The summed E-state index contributed by atoms with van der Waals surface area (Å²) in [6, 6.07) is 9.89. The number of fused-ring (bicyclic) bond motifs is 1. The van der Waals surface area contributed by atoms with Crippen LogP contribution in [-0.4, -0.2) is 58.9 Å². The molecule has 1 aliphatic heterocycles. The number of carbonyl (C=O) groups excluding carboxylic acids is 1. The fourth-order valence-electron chi connectivity index (χ4n) is 4.10. The van der Waals surface area contributed by atoms with Gasteiger partial charge in [0, 0.05) is 38.1 Å². The van der Waals surface area contributed by atoms with Gasteiger partial charge in [0.2, 0.25) is 11.9 Å². The van der Waals surface area contributed by atoms with Crippen LogP contribution in [0.4, 0.5) is 11.6 Å². The fraction of sp³-hybridized carbons (Fsp3) is 0.476. The first-order valence-corrected chi connectivity index (χ1v) is 9.73. The van der Waals surface area contributed by atoms with Gasteiger partial charge < -0.3 is 15.1 Å². The van der Waals surface area contributed by atoms with Crippen molar-refractivity contribution in [2.24, 2.45) is 0 Å². The van der Waals surface area contributed by atoms with Crippen molar-refractivity contribution in [1.29, 1.82) is 0 Å². The SMILES string of the molecule is CN1CCN(C(=O)C2(C)CCCc3cnc(Nc4ccccc4)nc32)CC1. The number of aryl methyl sites for hydroxylation is 1. The third-order valence-electron chi connectivity index (χ3n) is 5.80. The zero-order chi connectivity index (χ0) is 18.9.